The molecule has 6 heteroatoms. The van der Waals surface area contributed by atoms with E-state index in [9.17, 15) is 9.59 Å². The minimum atomic E-state index is -0.604. The quantitative estimate of drug-likeness (QED) is 0.690. The molecule has 0 spiro atoms. The van der Waals surface area contributed by atoms with E-state index >= 15 is 0 Å². The largest absolute Gasteiger partial charge is 0.496 e. The predicted octanol–water partition coefficient (Wildman–Crippen LogP) is 3.67. The van der Waals surface area contributed by atoms with Crippen molar-refractivity contribution in [2.45, 2.75) is 52.7 Å². The van der Waals surface area contributed by atoms with Crippen LogP contribution in [0.15, 0.2) is 24.3 Å². The zero-order valence-electron chi connectivity index (χ0n) is 16.9. The second-order valence-electron chi connectivity index (χ2n) is 7.46. The van der Waals surface area contributed by atoms with E-state index in [2.05, 4.69) is 0 Å². The normalized spacial score (nSPS) is 12.5. The molecule has 0 saturated heterocycles. The lowest BCUT2D eigenvalue weighted by atomic mass is 9.97. The van der Waals surface area contributed by atoms with Gasteiger partial charge in [-0.3, -0.25) is 4.79 Å². The first-order valence-corrected chi connectivity index (χ1v) is 8.78. The lowest BCUT2D eigenvalue weighted by Crippen LogP contribution is -2.45. The van der Waals surface area contributed by atoms with Gasteiger partial charge in [-0.2, -0.15) is 0 Å². The summed E-state index contributed by atoms with van der Waals surface area (Å²) < 4.78 is 15.8. The van der Waals surface area contributed by atoms with Crippen LogP contribution in [0.1, 0.15) is 40.2 Å². The molecule has 1 amide bonds. The molecular formula is C20H31NO5. The zero-order chi connectivity index (χ0) is 19.9. The number of rotatable bonds is 7. The van der Waals surface area contributed by atoms with Crippen molar-refractivity contribution in [2.24, 2.45) is 5.92 Å². The van der Waals surface area contributed by atoms with E-state index < -0.39 is 17.6 Å². The summed E-state index contributed by atoms with van der Waals surface area (Å²) in [6.45, 7) is 9.43. The minimum Gasteiger partial charge on any atom is -0.496 e. The number of nitrogens with zero attached hydrogens (tertiary/aromatic N) is 1. The Morgan fingerprint density at radius 2 is 1.73 bits per heavy atom. The molecule has 146 valence electrons. The van der Waals surface area contributed by atoms with Gasteiger partial charge in [0.1, 0.15) is 11.4 Å². The van der Waals surface area contributed by atoms with Gasteiger partial charge in [-0.15, -0.1) is 0 Å². The topological polar surface area (TPSA) is 65.1 Å². The summed E-state index contributed by atoms with van der Waals surface area (Å²) in [4.78, 5) is 26.4. The lowest BCUT2D eigenvalue weighted by Gasteiger charge is -2.32. The molecule has 1 aromatic carbocycles. The highest BCUT2D eigenvalue weighted by atomic mass is 16.6. The maximum atomic E-state index is 12.5. The molecule has 0 fully saturated rings. The zero-order valence-corrected chi connectivity index (χ0v) is 16.9. The molecule has 1 unspecified atom stereocenters. The van der Waals surface area contributed by atoms with Crippen molar-refractivity contribution in [1.82, 2.24) is 4.90 Å². The summed E-state index contributed by atoms with van der Waals surface area (Å²) in [5.74, 6) is -0.189. The van der Waals surface area contributed by atoms with Gasteiger partial charge in [0, 0.05) is 12.6 Å². The minimum absolute atomic E-state index is 0.116. The van der Waals surface area contributed by atoms with E-state index in [4.69, 9.17) is 14.2 Å². The molecule has 0 aliphatic carbocycles. The summed E-state index contributed by atoms with van der Waals surface area (Å²) in [5, 5.41) is 0. The van der Waals surface area contributed by atoms with Gasteiger partial charge < -0.3 is 19.1 Å². The van der Waals surface area contributed by atoms with E-state index in [1.807, 2.05) is 58.9 Å². The van der Waals surface area contributed by atoms with Gasteiger partial charge in [-0.25, -0.2) is 4.79 Å². The highest BCUT2D eigenvalue weighted by Gasteiger charge is 2.30. The number of amides is 1. The van der Waals surface area contributed by atoms with Crippen LogP contribution < -0.4 is 4.74 Å². The Labute approximate surface area is 156 Å². The third-order valence-electron chi connectivity index (χ3n) is 3.86. The number of esters is 1. The second kappa shape index (κ2) is 9.46. The molecule has 0 aromatic heterocycles. The SMILES string of the molecule is COC(=O)C(Cc1ccccc1OC)CN(C(=O)OC(C)(C)C)C(C)C. The third kappa shape index (κ3) is 6.58. The molecule has 1 aromatic rings. The number of ether oxygens (including phenoxy) is 3. The van der Waals surface area contributed by atoms with Gasteiger partial charge in [0.05, 0.1) is 20.1 Å². The summed E-state index contributed by atoms with van der Waals surface area (Å²) in [6, 6.07) is 7.39. The number of hydrogen-bond acceptors (Lipinski definition) is 5. The van der Waals surface area contributed by atoms with Crippen LogP contribution in [0, 0.1) is 5.92 Å². The van der Waals surface area contributed by atoms with Crippen LogP contribution in [0.5, 0.6) is 5.75 Å². The first-order chi connectivity index (χ1) is 12.1. The molecule has 0 bridgehead atoms. The Kier molecular flexibility index (Phi) is 7.93. The molecule has 26 heavy (non-hydrogen) atoms. The fraction of sp³-hybridized carbons (Fsp3) is 0.600. The van der Waals surface area contributed by atoms with Crippen molar-refractivity contribution in [3.8, 4) is 5.75 Å². The molecule has 1 atom stereocenters. The standard InChI is InChI=1S/C20H31NO5/c1-14(2)21(19(23)26-20(3,4)5)13-16(18(22)25-7)12-15-10-8-9-11-17(15)24-6/h8-11,14,16H,12-13H2,1-7H3. The van der Waals surface area contributed by atoms with E-state index in [0.717, 1.165) is 5.56 Å². The average molecular weight is 365 g/mol. The van der Waals surface area contributed by atoms with Gasteiger partial charge >= 0.3 is 12.1 Å². The molecule has 6 nitrogen and oxygen atoms in total. The van der Waals surface area contributed by atoms with Crippen LogP contribution in [-0.4, -0.2) is 49.4 Å². The number of carbonyl (C=O) groups excluding carboxylic acids is 2. The highest BCUT2D eigenvalue weighted by molar-refractivity contribution is 5.75. The Bertz CT molecular complexity index is 606. The van der Waals surface area contributed by atoms with Crippen molar-refractivity contribution in [2.75, 3.05) is 20.8 Å². The monoisotopic (exact) mass is 365 g/mol. The molecular weight excluding hydrogens is 334 g/mol. The molecule has 0 radical (unpaired) electrons. The summed E-state index contributed by atoms with van der Waals surface area (Å²) >= 11 is 0. The van der Waals surface area contributed by atoms with Gasteiger partial charge in [-0.05, 0) is 52.7 Å². The summed E-state index contributed by atoms with van der Waals surface area (Å²) in [5.41, 5.74) is 0.284. The molecule has 0 N–H and O–H groups in total. The number of hydrogen-bond donors (Lipinski definition) is 0. The van der Waals surface area contributed by atoms with Crippen LogP contribution in [0.4, 0.5) is 4.79 Å². The molecule has 0 heterocycles. The molecule has 0 aliphatic rings. The van der Waals surface area contributed by atoms with Crippen molar-refractivity contribution < 1.29 is 23.8 Å². The smallest absolute Gasteiger partial charge is 0.410 e. The Morgan fingerprint density at radius 1 is 1.12 bits per heavy atom. The number of benzene rings is 1. The van der Waals surface area contributed by atoms with E-state index in [0.29, 0.717) is 12.2 Å². The maximum absolute atomic E-state index is 12.5. The van der Waals surface area contributed by atoms with Crippen LogP contribution >= 0.6 is 0 Å². The Balaban J connectivity index is 3.03. The van der Waals surface area contributed by atoms with Crippen molar-refractivity contribution in [3.63, 3.8) is 0 Å². The Morgan fingerprint density at radius 3 is 2.23 bits per heavy atom. The first kappa shape index (κ1) is 21.8. The van der Waals surface area contributed by atoms with Crippen LogP contribution in [0.2, 0.25) is 0 Å². The van der Waals surface area contributed by atoms with E-state index in [1.54, 1.807) is 12.0 Å². The van der Waals surface area contributed by atoms with Gasteiger partial charge in [-0.1, -0.05) is 18.2 Å². The lowest BCUT2D eigenvalue weighted by molar-refractivity contribution is -0.146. The van der Waals surface area contributed by atoms with Crippen molar-refractivity contribution >= 4 is 12.1 Å². The fourth-order valence-corrected chi connectivity index (χ4v) is 2.58. The van der Waals surface area contributed by atoms with Gasteiger partial charge in [0.25, 0.3) is 0 Å². The average Bonchev–Trinajstić information content (AvgIpc) is 2.56. The number of carbonyl (C=O) groups is 2. The van der Waals surface area contributed by atoms with Crippen LogP contribution in [-0.2, 0) is 20.7 Å². The van der Waals surface area contributed by atoms with Gasteiger partial charge in [0.15, 0.2) is 0 Å². The van der Waals surface area contributed by atoms with Gasteiger partial charge in [0.2, 0.25) is 0 Å². The summed E-state index contributed by atoms with van der Waals surface area (Å²) in [6.07, 6.45) is -0.0377. The van der Waals surface area contributed by atoms with Crippen LogP contribution in [0.3, 0.4) is 0 Å². The molecule has 1 rings (SSSR count). The highest BCUT2D eigenvalue weighted by Crippen LogP contribution is 2.23. The number of methoxy groups -OCH3 is 2. The fourth-order valence-electron chi connectivity index (χ4n) is 2.58. The molecule has 0 aliphatic heterocycles. The maximum Gasteiger partial charge on any atom is 0.410 e. The number of para-hydroxylation sites is 1. The predicted molar refractivity (Wildman–Crippen MR) is 100 cm³/mol. The van der Waals surface area contributed by atoms with Crippen molar-refractivity contribution in [3.05, 3.63) is 29.8 Å². The van der Waals surface area contributed by atoms with Crippen molar-refractivity contribution in [1.29, 1.82) is 0 Å². The first-order valence-electron chi connectivity index (χ1n) is 8.78. The van der Waals surface area contributed by atoms with E-state index in [-0.39, 0.29) is 18.6 Å². The van der Waals surface area contributed by atoms with Crippen LogP contribution in [0.25, 0.3) is 0 Å². The Hall–Kier alpha value is -2.24. The molecule has 0 saturated carbocycles. The van der Waals surface area contributed by atoms with E-state index in [1.165, 1.54) is 7.11 Å². The third-order valence-corrected chi connectivity index (χ3v) is 3.86. The second-order valence-corrected chi connectivity index (χ2v) is 7.46. The summed E-state index contributed by atoms with van der Waals surface area (Å²) in [7, 11) is 2.94.